The van der Waals surface area contributed by atoms with Crippen molar-refractivity contribution in [3.8, 4) is 22.3 Å². The molecule has 1 aliphatic rings. The van der Waals surface area contributed by atoms with E-state index in [4.69, 9.17) is 38.0 Å². The summed E-state index contributed by atoms with van der Waals surface area (Å²) in [6.07, 6.45) is 9.72. The maximum Gasteiger partial charge on any atom is 0.498 e. The van der Waals surface area contributed by atoms with Crippen molar-refractivity contribution in [2.75, 3.05) is 38.9 Å². The van der Waals surface area contributed by atoms with Crippen LogP contribution in [0.4, 0.5) is 62.0 Å². The minimum absolute atomic E-state index is 0. The fourth-order valence-corrected chi connectivity index (χ4v) is 7.54. The number of nitrogen functional groups attached to an aromatic ring is 4. The lowest BCUT2D eigenvalue weighted by Crippen LogP contribution is -2.41. The van der Waals surface area contributed by atoms with E-state index < -0.39 is 33.4 Å². The van der Waals surface area contributed by atoms with Crippen LogP contribution in [0.2, 0.25) is 0 Å². The Morgan fingerprint density at radius 3 is 1.15 bits per heavy atom. The summed E-state index contributed by atoms with van der Waals surface area (Å²) >= 11 is 6.21. The quantitative estimate of drug-likeness (QED) is 0.0288. The molecule has 0 amide bonds. The van der Waals surface area contributed by atoms with Crippen LogP contribution in [0.25, 0.3) is 22.3 Å². The number of nitrogens with two attached hydrogens (primary N) is 5. The first-order valence-corrected chi connectivity index (χ1v) is 28.4. The molecule has 13 N–H and O–H groups in total. The van der Waals surface area contributed by atoms with Gasteiger partial charge in [0.2, 0.25) is 23.7 Å². The molecule has 1 saturated heterocycles. The van der Waals surface area contributed by atoms with Gasteiger partial charge in [-0.15, -0.1) is 0 Å². The second-order valence-electron chi connectivity index (χ2n) is 24.7. The van der Waals surface area contributed by atoms with Crippen molar-refractivity contribution in [1.29, 1.82) is 0 Å². The summed E-state index contributed by atoms with van der Waals surface area (Å²) < 4.78 is 25.4. The van der Waals surface area contributed by atoms with Crippen LogP contribution in [-0.2, 0) is 9.31 Å². The number of benzene rings is 4. The van der Waals surface area contributed by atoms with Gasteiger partial charge < -0.3 is 53.9 Å². The third-order valence-electron chi connectivity index (χ3n) is 11.3. The second-order valence-corrected chi connectivity index (χ2v) is 26.5. The molecule has 4 heterocycles. The minimum Gasteiger partial charge on any atom is -0.399 e. The minimum atomic E-state index is -0.821. The Bertz CT molecular complexity index is 3410. The molecule has 25 nitrogen and oxygen atoms in total. The largest absolute Gasteiger partial charge is 0.498 e. The molecule has 0 aliphatic carbocycles. The molecule has 0 unspecified atom stereocenters. The third-order valence-corrected chi connectivity index (χ3v) is 12.3. The average molecular weight is 1330 g/mol. The van der Waals surface area contributed by atoms with Gasteiger partial charge in [0.1, 0.15) is 11.4 Å². The summed E-state index contributed by atoms with van der Waals surface area (Å²) in [5, 5.41) is 41.8. The van der Waals surface area contributed by atoms with Crippen LogP contribution < -0.4 is 50.1 Å². The normalized spacial score (nSPS) is 13.1. The molecular weight excluding hydrogens is 1250 g/mol. The lowest BCUT2D eigenvalue weighted by Gasteiger charge is -2.32. The number of nitro benzene ring substituents is 3. The molecule has 4 aromatic carbocycles. The number of rotatable bonds is 9. The molecule has 8 rings (SSSR count). The highest BCUT2D eigenvalue weighted by Crippen LogP contribution is 2.37. The van der Waals surface area contributed by atoms with Gasteiger partial charge in [0.15, 0.2) is 0 Å². The van der Waals surface area contributed by atoms with E-state index in [-0.39, 0.29) is 62.6 Å². The van der Waals surface area contributed by atoms with Crippen LogP contribution in [0.5, 0.6) is 0 Å². The highest BCUT2D eigenvalue weighted by atomic mass is 79.9. The first-order valence-electron chi connectivity index (χ1n) is 26.8. The fourth-order valence-electron chi connectivity index (χ4n) is 6.85. The summed E-state index contributed by atoms with van der Waals surface area (Å²) in [5.41, 5.74) is 32.8. The molecule has 1 fully saturated rings. The number of aromatic nitrogens is 6. The number of hydrogen-bond acceptors (Lipinski definition) is 22. The van der Waals surface area contributed by atoms with E-state index in [1.807, 2.05) is 108 Å². The predicted molar refractivity (Wildman–Crippen MR) is 353 cm³/mol. The smallest absolute Gasteiger partial charge is 0.399 e. The monoisotopic (exact) mass is 1330 g/mol. The Morgan fingerprint density at radius 1 is 0.483 bits per heavy atom. The number of halogens is 3. The number of nitro groups is 3. The zero-order chi connectivity index (χ0) is 66.2. The molecule has 7 aromatic rings. The Kier molecular flexibility index (Phi) is 25.5. The van der Waals surface area contributed by atoms with Gasteiger partial charge in [-0.3, -0.25) is 30.3 Å². The number of hydrogen-bond donors (Lipinski definition) is 8. The SMILES string of the molecule is CC(C)(C)N.CC(C)(C)Nc1ccc(-c2cnc(N)nc2)cc1N.CC(C)(C)Nc1ccc(-c2cnc(N)nc2)cc1[N+](=O)[O-].CC(C)(C)Nc1ccc(Br)cc1[N+](=O)[O-].CC1(C)OB(c2cnc(N)nc2)OC1(C)C.O=[N+]([O-])c1cc(Br)ccc1F. The van der Waals surface area contributed by atoms with E-state index in [2.05, 4.69) is 98.5 Å². The number of nitrogens with zero attached hydrogens (tertiary/aromatic N) is 9. The summed E-state index contributed by atoms with van der Waals surface area (Å²) in [5.74, 6) is -0.138. The molecule has 1 aliphatic heterocycles. The first kappa shape index (κ1) is 73.0. The van der Waals surface area contributed by atoms with Gasteiger partial charge in [-0.1, -0.05) is 44.0 Å². The molecule has 468 valence electrons. The van der Waals surface area contributed by atoms with Crippen molar-refractivity contribution in [3.63, 3.8) is 0 Å². The lowest BCUT2D eigenvalue weighted by molar-refractivity contribution is -0.387. The Morgan fingerprint density at radius 2 is 0.793 bits per heavy atom. The van der Waals surface area contributed by atoms with E-state index in [1.165, 1.54) is 30.6 Å². The molecule has 87 heavy (non-hydrogen) atoms. The standard InChI is InChI=1S/C14H17N5O2.C14H19N5.C10H16BN3O2.C10H13BrN2O2.C6H3BrFNO2.C4H11N/c1-14(2,3)18-11-5-4-9(6-12(11)19(20)21)10-7-16-13(15)17-8-10;1-14(2,3)19-12-5-4-9(6-11(12)15)10-7-17-13(16)18-8-10;1-9(2)10(3,4)16-11(15-9)7-5-13-8(12)14-6-7;1-10(2,3)12-8-5-4-7(11)6-9(8)13(14)15;7-4-1-2-5(8)6(3-4)9(10)11;1-4(2,3)5/h4-8,18H,1-3H3,(H2,15,16,17);4-8,19H,15H2,1-3H3,(H2,16,17,18);5-6H,1-4H3,(H2,12,13,14);4-6,12H,1-3H3;1-3H;5H2,1-3H3. The van der Waals surface area contributed by atoms with Gasteiger partial charge in [0, 0.05) is 103 Å². The van der Waals surface area contributed by atoms with Crippen LogP contribution in [0.15, 0.2) is 119 Å². The second kappa shape index (κ2) is 30.4. The zero-order valence-electron chi connectivity index (χ0n) is 51.8. The van der Waals surface area contributed by atoms with E-state index >= 15 is 0 Å². The average Bonchev–Trinajstić information content (AvgIpc) is 2.21. The van der Waals surface area contributed by atoms with Gasteiger partial charge >= 0.3 is 12.8 Å². The van der Waals surface area contributed by atoms with Gasteiger partial charge in [-0.05, 0) is 164 Å². The van der Waals surface area contributed by atoms with Crippen LogP contribution in [-0.4, -0.2) is 85.1 Å². The molecule has 0 spiro atoms. The third kappa shape index (κ3) is 25.7. The summed E-state index contributed by atoms with van der Waals surface area (Å²) in [4.78, 5) is 54.2. The van der Waals surface area contributed by atoms with Crippen LogP contribution in [0, 0.1) is 36.2 Å². The Hall–Kier alpha value is -8.25. The van der Waals surface area contributed by atoms with Gasteiger partial charge in [0.25, 0.3) is 11.4 Å². The molecule has 29 heteroatoms. The fraction of sp³-hybridized carbons (Fsp3) is 0.379. The highest BCUT2D eigenvalue weighted by molar-refractivity contribution is 9.10. The van der Waals surface area contributed by atoms with Crippen molar-refractivity contribution in [2.24, 2.45) is 5.73 Å². The van der Waals surface area contributed by atoms with Gasteiger partial charge in [0.05, 0.1) is 37.3 Å². The lowest BCUT2D eigenvalue weighted by atomic mass is 9.81. The Labute approximate surface area is 523 Å². The molecular formula is C58H79BBr2FN17O8. The van der Waals surface area contributed by atoms with E-state index in [1.54, 1.807) is 49.1 Å². The van der Waals surface area contributed by atoms with Crippen molar-refractivity contribution in [2.45, 2.75) is 144 Å². The van der Waals surface area contributed by atoms with Crippen LogP contribution in [0.3, 0.4) is 0 Å². The van der Waals surface area contributed by atoms with Gasteiger partial charge in [-0.2, -0.15) is 4.39 Å². The predicted octanol–water partition coefficient (Wildman–Crippen LogP) is 12.5. The maximum absolute atomic E-state index is 12.6. The van der Waals surface area contributed by atoms with E-state index in [0.717, 1.165) is 34.4 Å². The van der Waals surface area contributed by atoms with Crippen molar-refractivity contribution < 1.29 is 28.5 Å². The van der Waals surface area contributed by atoms with Crippen molar-refractivity contribution in [3.05, 3.63) is 155 Å². The summed E-state index contributed by atoms with van der Waals surface area (Å²) in [6.45, 7) is 31.9. The molecule has 0 atom stereocenters. The van der Waals surface area contributed by atoms with E-state index in [0.29, 0.717) is 37.1 Å². The van der Waals surface area contributed by atoms with Crippen LogP contribution >= 0.6 is 31.9 Å². The summed E-state index contributed by atoms with van der Waals surface area (Å²) in [6, 6.07) is 19.4. The molecule has 0 saturated carbocycles. The molecule has 0 bridgehead atoms. The van der Waals surface area contributed by atoms with Crippen LogP contribution in [0.1, 0.15) is 111 Å². The van der Waals surface area contributed by atoms with Gasteiger partial charge in [-0.25, -0.2) is 29.9 Å². The Balaban J connectivity index is 0.000000282. The van der Waals surface area contributed by atoms with Crippen molar-refractivity contribution in [1.82, 2.24) is 29.9 Å². The molecule has 3 aromatic heterocycles. The van der Waals surface area contributed by atoms with Crippen molar-refractivity contribution >= 4 is 102 Å². The topological polar surface area (TPSA) is 391 Å². The van der Waals surface area contributed by atoms with E-state index in [9.17, 15) is 34.7 Å². The molecule has 0 radical (unpaired) electrons. The maximum atomic E-state index is 12.6. The number of anilines is 7. The first-order chi connectivity index (χ1) is 39.8. The summed E-state index contributed by atoms with van der Waals surface area (Å²) in [7, 11) is -0.425. The number of nitrogens with one attached hydrogen (secondary N) is 3. The zero-order valence-corrected chi connectivity index (χ0v) is 55.0. The highest BCUT2D eigenvalue weighted by Gasteiger charge is 2.52.